The van der Waals surface area contributed by atoms with Gasteiger partial charge >= 0.3 is 12.1 Å². The largest absolute Gasteiger partial charge is 0.481 e. The fraction of sp³-hybridized carbons (Fsp3) is 0.529. The summed E-state index contributed by atoms with van der Waals surface area (Å²) in [4.78, 5) is 36.3. The van der Waals surface area contributed by atoms with Gasteiger partial charge in [0.15, 0.2) is 0 Å². The molecule has 1 aromatic carbocycles. The van der Waals surface area contributed by atoms with Gasteiger partial charge in [-0.05, 0) is 39.7 Å². The SMILES string of the molecule is CC(C)(C)OC(=O)N1CC[C@@](C)(C(=O)O)[C@H]1c1cccc([N+](=O)[O-])c1. The number of carboxylic acids is 1. The number of likely N-dealkylation sites (tertiary alicyclic amines) is 1. The number of nitro benzene ring substituents is 1. The Labute approximate surface area is 145 Å². The molecule has 1 N–H and O–H groups in total. The molecule has 136 valence electrons. The van der Waals surface area contributed by atoms with Crippen molar-refractivity contribution in [1.82, 2.24) is 4.90 Å². The minimum atomic E-state index is -1.26. The molecule has 0 spiro atoms. The van der Waals surface area contributed by atoms with Crippen LogP contribution >= 0.6 is 0 Å². The number of hydrogen-bond donors (Lipinski definition) is 1. The van der Waals surface area contributed by atoms with Gasteiger partial charge in [0.05, 0.1) is 16.4 Å². The van der Waals surface area contributed by atoms with Crippen molar-refractivity contribution in [2.75, 3.05) is 6.54 Å². The van der Waals surface area contributed by atoms with Crippen LogP contribution in [0.15, 0.2) is 24.3 Å². The first-order valence-electron chi connectivity index (χ1n) is 7.93. The number of aliphatic carboxylic acids is 1. The lowest BCUT2D eigenvalue weighted by atomic mass is 9.79. The van der Waals surface area contributed by atoms with Crippen molar-refractivity contribution in [2.24, 2.45) is 5.41 Å². The predicted octanol–water partition coefficient (Wildman–Crippen LogP) is 3.37. The monoisotopic (exact) mass is 350 g/mol. The minimum absolute atomic E-state index is 0.152. The van der Waals surface area contributed by atoms with E-state index in [0.717, 1.165) is 0 Å². The molecule has 0 saturated carbocycles. The smallest absolute Gasteiger partial charge is 0.410 e. The molecule has 2 atom stereocenters. The number of carbonyl (C=O) groups excluding carboxylic acids is 1. The van der Waals surface area contributed by atoms with E-state index in [0.29, 0.717) is 5.56 Å². The molecule has 1 amide bonds. The van der Waals surface area contributed by atoms with Crippen LogP contribution in [0.1, 0.15) is 45.7 Å². The number of ether oxygens (including phenoxy) is 1. The molecular weight excluding hydrogens is 328 g/mol. The maximum absolute atomic E-state index is 12.6. The van der Waals surface area contributed by atoms with Gasteiger partial charge in [-0.1, -0.05) is 12.1 Å². The summed E-state index contributed by atoms with van der Waals surface area (Å²) in [5.74, 6) is -1.06. The fourth-order valence-corrected chi connectivity index (χ4v) is 3.06. The zero-order valence-corrected chi connectivity index (χ0v) is 14.7. The second kappa shape index (κ2) is 6.34. The van der Waals surface area contributed by atoms with Gasteiger partial charge in [-0.15, -0.1) is 0 Å². The topological polar surface area (TPSA) is 110 Å². The van der Waals surface area contributed by atoms with Crippen molar-refractivity contribution in [3.05, 3.63) is 39.9 Å². The Morgan fingerprint density at radius 3 is 2.56 bits per heavy atom. The Balaban J connectivity index is 2.48. The van der Waals surface area contributed by atoms with Crippen LogP contribution in [0, 0.1) is 15.5 Å². The number of nitro groups is 1. The van der Waals surface area contributed by atoms with Gasteiger partial charge in [0, 0.05) is 18.7 Å². The molecule has 8 nitrogen and oxygen atoms in total. The molecule has 0 radical (unpaired) electrons. The van der Waals surface area contributed by atoms with E-state index in [1.807, 2.05) is 0 Å². The van der Waals surface area contributed by atoms with Crippen LogP contribution in [-0.4, -0.2) is 39.1 Å². The third-order valence-corrected chi connectivity index (χ3v) is 4.30. The van der Waals surface area contributed by atoms with Crippen LogP contribution in [0.5, 0.6) is 0 Å². The second-order valence-electron chi connectivity index (χ2n) is 7.40. The molecule has 0 aliphatic carbocycles. The average molecular weight is 350 g/mol. The number of carbonyl (C=O) groups is 2. The highest BCUT2D eigenvalue weighted by molar-refractivity contribution is 5.79. The number of carboxylic acid groups (broad SMARTS) is 1. The Morgan fingerprint density at radius 1 is 1.40 bits per heavy atom. The van der Waals surface area contributed by atoms with Gasteiger partial charge in [-0.2, -0.15) is 0 Å². The number of benzene rings is 1. The van der Waals surface area contributed by atoms with Gasteiger partial charge in [0.2, 0.25) is 0 Å². The van der Waals surface area contributed by atoms with E-state index in [9.17, 15) is 24.8 Å². The number of amides is 1. The normalized spacial score (nSPS) is 23.4. The Hall–Kier alpha value is -2.64. The first-order chi connectivity index (χ1) is 11.5. The summed E-state index contributed by atoms with van der Waals surface area (Å²) in [7, 11) is 0. The number of non-ortho nitro benzene ring substituents is 1. The quantitative estimate of drug-likeness (QED) is 0.661. The summed E-state index contributed by atoms with van der Waals surface area (Å²) in [5.41, 5.74) is -1.73. The molecule has 1 fully saturated rings. The van der Waals surface area contributed by atoms with E-state index in [4.69, 9.17) is 4.74 Å². The molecule has 1 heterocycles. The van der Waals surface area contributed by atoms with Crippen molar-refractivity contribution in [3.63, 3.8) is 0 Å². The molecule has 0 aromatic heterocycles. The lowest BCUT2D eigenvalue weighted by Crippen LogP contribution is -2.41. The number of nitrogens with zero attached hydrogens (tertiary/aromatic N) is 2. The standard InChI is InChI=1S/C17H22N2O6/c1-16(2,3)25-15(22)18-9-8-17(4,14(20)21)13(18)11-6-5-7-12(10-11)19(23)24/h5-7,10,13H,8-9H2,1-4H3,(H,20,21)/t13-,17-/m1/s1. The van der Waals surface area contributed by atoms with E-state index < -0.39 is 34.0 Å². The number of hydrogen-bond acceptors (Lipinski definition) is 5. The first-order valence-corrected chi connectivity index (χ1v) is 7.93. The van der Waals surface area contributed by atoms with Crippen LogP contribution < -0.4 is 0 Å². The van der Waals surface area contributed by atoms with E-state index in [-0.39, 0.29) is 18.7 Å². The Morgan fingerprint density at radius 2 is 2.04 bits per heavy atom. The zero-order chi connectivity index (χ0) is 19.0. The molecule has 1 aromatic rings. The highest BCUT2D eigenvalue weighted by atomic mass is 16.6. The van der Waals surface area contributed by atoms with Crippen LogP contribution in [0.25, 0.3) is 0 Å². The third-order valence-electron chi connectivity index (χ3n) is 4.30. The van der Waals surface area contributed by atoms with E-state index >= 15 is 0 Å². The average Bonchev–Trinajstić information content (AvgIpc) is 2.85. The van der Waals surface area contributed by atoms with Gasteiger partial charge < -0.3 is 9.84 Å². The van der Waals surface area contributed by atoms with Gasteiger partial charge in [0.25, 0.3) is 5.69 Å². The van der Waals surface area contributed by atoms with Gasteiger partial charge in [0.1, 0.15) is 5.60 Å². The summed E-state index contributed by atoms with van der Waals surface area (Å²) in [6.07, 6.45) is -0.399. The molecule has 1 aliphatic heterocycles. The molecule has 0 bridgehead atoms. The van der Waals surface area contributed by atoms with Crippen molar-refractivity contribution in [2.45, 2.75) is 45.8 Å². The van der Waals surface area contributed by atoms with Crippen LogP contribution in [0.4, 0.5) is 10.5 Å². The summed E-state index contributed by atoms with van der Waals surface area (Å²) in [6, 6.07) is 4.88. The summed E-state index contributed by atoms with van der Waals surface area (Å²) in [6.45, 7) is 6.91. The second-order valence-corrected chi connectivity index (χ2v) is 7.40. The zero-order valence-electron chi connectivity index (χ0n) is 14.7. The third kappa shape index (κ3) is 3.72. The van der Waals surface area contributed by atoms with Gasteiger partial charge in [-0.3, -0.25) is 19.8 Å². The lowest BCUT2D eigenvalue weighted by Gasteiger charge is -2.33. The summed E-state index contributed by atoms with van der Waals surface area (Å²) in [5, 5.41) is 20.8. The van der Waals surface area contributed by atoms with Crippen LogP contribution in [0.2, 0.25) is 0 Å². The molecular formula is C17H22N2O6. The van der Waals surface area contributed by atoms with Crippen molar-refractivity contribution < 1.29 is 24.4 Å². The van der Waals surface area contributed by atoms with Gasteiger partial charge in [-0.25, -0.2) is 4.79 Å². The van der Waals surface area contributed by atoms with E-state index in [2.05, 4.69) is 0 Å². The maximum atomic E-state index is 12.6. The predicted molar refractivity (Wildman–Crippen MR) is 89.1 cm³/mol. The molecule has 25 heavy (non-hydrogen) atoms. The number of rotatable bonds is 3. The molecule has 8 heteroatoms. The highest BCUT2D eigenvalue weighted by Crippen LogP contribution is 2.48. The molecule has 0 unspecified atom stereocenters. The minimum Gasteiger partial charge on any atom is -0.481 e. The van der Waals surface area contributed by atoms with Crippen molar-refractivity contribution in [1.29, 1.82) is 0 Å². The maximum Gasteiger partial charge on any atom is 0.410 e. The fourth-order valence-electron chi connectivity index (χ4n) is 3.06. The molecule has 1 saturated heterocycles. The Bertz CT molecular complexity index is 711. The first kappa shape index (κ1) is 18.7. The summed E-state index contributed by atoms with van der Waals surface area (Å²) >= 11 is 0. The molecule has 2 rings (SSSR count). The van der Waals surface area contributed by atoms with E-state index in [1.165, 1.54) is 23.1 Å². The summed E-state index contributed by atoms with van der Waals surface area (Å²) < 4.78 is 5.38. The highest BCUT2D eigenvalue weighted by Gasteiger charge is 2.53. The van der Waals surface area contributed by atoms with E-state index in [1.54, 1.807) is 33.8 Å². The van der Waals surface area contributed by atoms with Crippen LogP contribution in [0.3, 0.4) is 0 Å². The van der Waals surface area contributed by atoms with Crippen LogP contribution in [-0.2, 0) is 9.53 Å². The van der Waals surface area contributed by atoms with Crippen molar-refractivity contribution >= 4 is 17.7 Å². The van der Waals surface area contributed by atoms with Crippen molar-refractivity contribution in [3.8, 4) is 0 Å². The Kier molecular flexibility index (Phi) is 4.74. The molecule has 1 aliphatic rings. The lowest BCUT2D eigenvalue weighted by molar-refractivity contribution is -0.385.